The van der Waals surface area contributed by atoms with Crippen molar-refractivity contribution >= 4 is 45.0 Å². The maximum absolute atomic E-state index is 12.4. The molecular formula is C23H25ClN2O6S. The third-order valence-corrected chi connectivity index (χ3v) is 7.47. The number of carbonyl (C=O) groups excluding carboxylic acids is 3. The zero-order valence-electron chi connectivity index (χ0n) is 18.4. The maximum Gasteiger partial charge on any atom is 0.306 e. The van der Waals surface area contributed by atoms with Crippen LogP contribution < -0.4 is 5.32 Å². The van der Waals surface area contributed by atoms with E-state index < -0.39 is 28.5 Å². The van der Waals surface area contributed by atoms with Crippen molar-refractivity contribution < 1.29 is 27.5 Å². The Morgan fingerprint density at radius 2 is 1.76 bits per heavy atom. The highest BCUT2D eigenvalue weighted by Gasteiger charge is 2.20. The van der Waals surface area contributed by atoms with Crippen LogP contribution in [0.15, 0.2) is 41.3 Å². The van der Waals surface area contributed by atoms with Gasteiger partial charge in [-0.25, -0.2) is 12.7 Å². The number of nitrogens with zero attached hydrogens (tertiary/aromatic N) is 1. The van der Waals surface area contributed by atoms with Gasteiger partial charge in [-0.3, -0.25) is 14.4 Å². The molecule has 0 bridgehead atoms. The lowest BCUT2D eigenvalue weighted by molar-refractivity contribution is -0.147. The smallest absolute Gasteiger partial charge is 0.306 e. The molecule has 2 aromatic rings. The molecule has 3 rings (SSSR count). The van der Waals surface area contributed by atoms with Crippen LogP contribution in [0.5, 0.6) is 0 Å². The highest BCUT2D eigenvalue weighted by molar-refractivity contribution is 7.89. The number of anilines is 1. The van der Waals surface area contributed by atoms with E-state index in [4.69, 9.17) is 16.3 Å². The van der Waals surface area contributed by atoms with Crippen LogP contribution in [0.2, 0.25) is 5.02 Å². The van der Waals surface area contributed by atoms with Crippen LogP contribution in [0.3, 0.4) is 0 Å². The van der Waals surface area contributed by atoms with Crippen molar-refractivity contribution in [3.05, 3.63) is 58.1 Å². The molecule has 0 saturated heterocycles. The number of amides is 1. The van der Waals surface area contributed by atoms with Crippen LogP contribution in [-0.4, -0.2) is 51.1 Å². The number of benzene rings is 2. The van der Waals surface area contributed by atoms with Crippen LogP contribution >= 0.6 is 11.6 Å². The van der Waals surface area contributed by atoms with E-state index in [1.54, 1.807) is 6.07 Å². The average molecular weight is 493 g/mol. The Balaban J connectivity index is 1.50. The highest BCUT2D eigenvalue weighted by atomic mass is 35.5. The topological polar surface area (TPSA) is 110 Å². The molecule has 2 aromatic carbocycles. The van der Waals surface area contributed by atoms with E-state index in [0.717, 1.165) is 23.6 Å². The first-order chi connectivity index (χ1) is 15.6. The fourth-order valence-corrected chi connectivity index (χ4v) is 4.57. The Morgan fingerprint density at radius 3 is 2.48 bits per heavy atom. The summed E-state index contributed by atoms with van der Waals surface area (Å²) >= 11 is 6.04. The molecule has 0 unspecified atom stereocenters. The van der Waals surface area contributed by atoms with Gasteiger partial charge in [0.15, 0.2) is 12.4 Å². The van der Waals surface area contributed by atoms with Gasteiger partial charge in [0.25, 0.3) is 5.91 Å². The van der Waals surface area contributed by atoms with E-state index in [1.807, 2.05) is 12.1 Å². The fourth-order valence-electron chi connectivity index (χ4n) is 3.48. The standard InChI is InChI=1S/C23H25ClN2O6S/c1-26(2)33(30,31)18-8-9-19(24)20(13-18)25-22(28)14-32-23(29)11-10-21(27)17-7-6-15-4-3-5-16(15)12-17/h6-9,12-13H,3-5,10-11,14H2,1-2H3,(H,25,28). The van der Waals surface area contributed by atoms with Gasteiger partial charge in [0, 0.05) is 26.1 Å². The number of sulfonamides is 1. The number of rotatable bonds is 9. The van der Waals surface area contributed by atoms with Crippen LogP contribution in [0, 0.1) is 0 Å². The molecule has 8 nitrogen and oxygen atoms in total. The second-order valence-electron chi connectivity index (χ2n) is 7.90. The molecule has 0 aliphatic heterocycles. The van der Waals surface area contributed by atoms with Gasteiger partial charge in [-0.05, 0) is 54.7 Å². The summed E-state index contributed by atoms with van der Waals surface area (Å²) in [5.41, 5.74) is 3.10. The molecule has 1 aliphatic carbocycles. The second kappa shape index (κ2) is 10.5. The Hall–Kier alpha value is -2.75. The molecule has 0 spiro atoms. The maximum atomic E-state index is 12.4. The molecule has 0 saturated carbocycles. The van der Waals surface area contributed by atoms with Crippen molar-refractivity contribution in [1.82, 2.24) is 4.31 Å². The minimum atomic E-state index is -3.71. The van der Waals surface area contributed by atoms with Crippen LogP contribution in [0.1, 0.15) is 40.7 Å². The number of aryl methyl sites for hydroxylation is 2. The molecule has 0 aromatic heterocycles. The third kappa shape index (κ3) is 6.19. The molecule has 10 heteroatoms. The fraction of sp³-hybridized carbons (Fsp3) is 0.348. The van der Waals surface area contributed by atoms with Gasteiger partial charge in [0.2, 0.25) is 10.0 Å². The van der Waals surface area contributed by atoms with Gasteiger partial charge >= 0.3 is 5.97 Å². The van der Waals surface area contributed by atoms with E-state index in [1.165, 1.54) is 43.4 Å². The molecule has 176 valence electrons. The van der Waals surface area contributed by atoms with E-state index >= 15 is 0 Å². The lowest BCUT2D eigenvalue weighted by Crippen LogP contribution is -2.23. The lowest BCUT2D eigenvalue weighted by Gasteiger charge is -2.14. The molecule has 1 N–H and O–H groups in total. The largest absolute Gasteiger partial charge is 0.456 e. The molecular weight excluding hydrogens is 468 g/mol. The Morgan fingerprint density at radius 1 is 1.03 bits per heavy atom. The summed E-state index contributed by atoms with van der Waals surface area (Å²) in [5.74, 6) is -1.53. The number of carbonyl (C=O) groups is 3. The number of esters is 1. The van der Waals surface area contributed by atoms with Gasteiger partial charge in [-0.1, -0.05) is 23.7 Å². The molecule has 0 fully saturated rings. The summed E-state index contributed by atoms with van der Waals surface area (Å²) in [6.07, 6.45) is 2.90. The molecule has 33 heavy (non-hydrogen) atoms. The van der Waals surface area contributed by atoms with Crippen LogP contribution in [0.25, 0.3) is 0 Å². The molecule has 1 aliphatic rings. The number of nitrogens with one attached hydrogen (secondary N) is 1. The van der Waals surface area contributed by atoms with Crippen molar-refractivity contribution in [2.75, 3.05) is 26.0 Å². The van der Waals surface area contributed by atoms with Crippen LogP contribution in [0.4, 0.5) is 5.69 Å². The number of ketones is 1. The monoisotopic (exact) mass is 492 g/mol. The number of hydrogen-bond donors (Lipinski definition) is 1. The first-order valence-electron chi connectivity index (χ1n) is 10.4. The summed E-state index contributed by atoms with van der Waals surface area (Å²) in [5, 5.41) is 2.57. The summed E-state index contributed by atoms with van der Waals surface area (Å²) in [6, 6.07) is 9.53. The van der Waals surface area contributed by atoms with Crippen molar-refractivity contribution in [2.24, 2.45) is 0 Å². The Kier molecular flexibility index (Phi) is 7.88. The minimum absolute atomic E-state index is 0.0183. The number of ether oxygens (including phenoxy) is 1. The summed E-state index contributed by atoms with van der Waals surface area (Å²) in [6.45, 7) is -0.590. The van der Waals surface area contributed by atoms with E-state index in [2.05, 4.69) is 5.32 Å². The van der Waals surface area contributed by atoms with Crippen molar-refractivity contribution in [3.63, 3.8) is 0 Å². The second-order valence-corrected chi connectivity index (χ2v) is 10.5. The SMILES string of the molecule is CN(C)S(=O)(=O)c1ccc(Cl)c(NC(=O)COC(=O)CCC(=O)c2ccc3c(c2)CCC3)c1. The molecule has 0 atom stereocenters. The van der Waals surface area contributed by atoms with Crippen molar-refractivity contribution in [3.8, 4) is 0 Å². The summed E-state index contributed by atoms with van der Waals surface area (Å²) < 4.78 is 30.5. The molecule has 1 amide bonds. The van der Waals surface area contributed by atoms with Crippen LogP contribution in [-0.2, 0) is 37.2 Å². The number of halogens is 1. The van der Waals surface area contributed by atoms with Gasteiger partial charge < -0.3 is 10.1 Å². The zero-order valence-corrected chi connectivity index (χ0v) is 20.0. The Bertz CT molecular complexity index is 1190. The summed E-state index contributed by atoms with van der Waals surface area (Å²) in [4.78, 5) is 36.5. The van der Waals surface area contributed by atoms with E-state index in [0.29, 0.717) is 5.56 Å². The third-order valence-electron chi connectivity index (χ3n) is 5.33. The average Bonchev–Trinajstić information content (AvgIpc) is 3.25. The normalized spacial score (nSPS) is 13.0. The van der Waals surface area contributed by atoms with E-state index in [-0.39, 0.29) is 34.2 Å². The number of fused-ring (bicyclic) bond motifs is 1. The van der Waals surface area contributed by atoms with Gasteiger partial charge in [0.05, 0.1) is 22.0 Å². The predicted octanol–water partition coefficient (Wildman–Crippen LogP) is 3.22. The first-order valence-corrected chi connectivity index (χ1v) is 12.2. The molecule has 0 radical (unpaired) electrons. The van der Waals surface area contributed by atoms with Crippen molar-refractivity contribution in [1.29, 1.82) is 0 Å². The number of Topliss-reactive ketones (excluding diaryl/α,β-unsaturated/α-hetero) is 1. The van der Waals surface area contributed by atoms with Gasteiger partial charge in [-0.15, -0.1) is 0 Å². The van der Waals surface area contributed by atoms with Gasteiger partial charge in [-0.2, -0.15) is 0 Å². The number of hydrogen-bond acceptors (Lipinski definition) is 6. The Labute approximate surface area is 197 Å². The summed E-state index contributed by atoms with van der Waals surface area (Å²) in [7, 11) is -0.942. The highest BCUT2D eigenvalue weighted by Crippen LogP contribution is 2.26. The zero-order chi connectivity index (χ0) is 24.2. The first kappa shape index (κ1) is 24.9. The van der Waals surface area contributed by atoms with Gasteiger partial charge in [0.1, 0.15) is 0 Å². The van der Waals surface area contributed by atoms with Crippen molar-refractivity contribution in [2.45, 2.75) is 37.0 Å². The molecule has 0 heterocycles. The quantitative estimate of drug-likeness (QED) is 0.425. The lowest BCUT2D eigenvalue weighted by atomic mass is 10.0. The predicted molar refractivity (Wildman–Crippen MR) is 124 cm³/mol. The minimum Gasteiger partial charge on any atom is -0.456 e. The van der Waals surface area contributed by atoms with E-state index in [9.17, 15) is 22.8 Å².